The molecule has 7 heteroatoms. The number of methoxy groups -OCH3 is 1. The van der Waals surface area contributed by atoms with Crippen molar-refractivity contribution in [1.82, 2.24) is 4.90 Å². The lowest BCUT2D eigenvalue weighted by Gasteiger charge is -2.23. The molecule has 1 aromatic rings. The Hall–Kier alpha value is -1.66. The molecular formula is C14H15ClFNO4. The number of hydrogen-bond donors (Lipinski definition) is 1. The SMILES string of the molecule is COCC1(C(=O)O)CCN(C(=O)c2ccc(F)c(Cl)c2)C1. The van der Waals surface area contributed by atoms with Crippen LogP contribution in [0, 0.1) is 11.2 Å². The number of ether oxygens (including phenoxy) is 1. The number of hydrogen-bond acceptors (Lipinski definition) is 3. The number of likely N-dealkylation sites (tertiary alicyclic amines) is 1. The van der Waals surface area contributed by atoms with Crippen molar-refractivity contribution in [1.29, 1.82) is 0 Å². The molecule has 1 aliphatic rings. The van der Waals surface area contributed by atoms with Crippen LogP contribution in [0.2, 0.25) is 5.02 Å². The maximum absolute atomic E-state index is 13.1. The van der Waals surface area contributed by atoms with Gasteiger partial charge in [0.15, 0.2) is 0 Å². The number of carboxylic acids is 1. The molecule has 2 rings (SSSR count). The van der Waals surface area contributed by atoms with Gasteiger partial charge in [-0.15, -0.1) is 0 Å². The number of carboxylic acid groups (broad SMARTS) is 1. The standard InChI is InChI=1S/C14H15ClFNO4/c1-21-8-14(13(19)20)4-5-17(7-14)12(18)9-2-3-11(16)10(15)6-9/h2-3,6H,4-5,7-8H2,1H3,(H,19,20). The Morgan fingerprint density at radius 1 is 1.52 bits per heavy atom. The molecular weight excluding hydrogens is 301 g/mol. The van der Waals surface area contributed by atoms with Crippen molar-refractivity contribution < 1.29 is 23.8 Å². The summed E-state index contributed by atoms with van der Waals surface area (Å²) in [5.41, 5.74) is -0.853. The minimum Gasteiger partial charge on any atom is -0.481 e. The van der Waals surface area contributed by atoms with Gasteiger partial charge in [-0.2, -0.15) is 0 Å². The molecule has 0 spiro atoms. The molecule has 1 heterocycles. The molecule has 1 unspecified atom stereocenters. The molecule has 1 N–H and O–H groups in total. The second-order valence-electron chi connectivity index (χ2n) is 5.12. The first-order valence-corrected chi connectivity index (χ1v) is 6.74. The summed E-state index contributed by atoms with van der Waals surface area (Å²) in [5.74, 6) is -1.96. The van der Waals surface area contributed by atoms with Gasteiger partial charge >= 0.3 is 5.97 Å². The number of nitrogens with zero attached hydrogens (tertiary/aromatic N) is 1. The maximum atomic E-state index is 13.1. The van der Waals surface area contributed by atoms with Gasteiger partial charge in [0.2, 0.25) is 0 Å². The van der Waals surface area contributed by atoms with E-state index < -0.39 is 17.2 Å². The second kappa shape index (κ2) is 5.99. The quantitative estimate of drug-likeness (QED) is 0.923. The third-order valence-corrected chi connectivity index (χ3v) is 3.97. The average molecular weight is 316 g/mol. The van der Waals surface area contributed by atoms with Crippen LogP contribution < -0.4 is 0 Å². The highest BCUT2D eigenvalue weighted by molar-refractivity contribution is 6.31. The van der Waals surface area contributed by atoms with Gasteiger partial charge < -0.3 is 14.7 Å². The zero-order valence-corrected chi connectivity index (χ0v) is 12.2. The van der Waals surface area contributed by atoms with Crippen LogP contribution in [0.1, 0.15) is 16.8 Å². The van der Waals surface area contributed by atoms with Crippen LogP contribution >= 0.6 is 11.6 Å². The van der Waals surface area contributed by atoms with Gasteiger partial charge in [0.1, 0.15) is 11.2 Å². The fourth-order valence-corrected chi connectivity index (χ4v) is 2.67. The van der Waals surface area contributed by atoms with E-state index in [1.807, 2.05) is 0 Å². The van der Waals surface area contributed by atoms with E-state index in [0.29, 0.717) is 13.0 Å². The van der Waals surface area contributed by atoms with Crippen LogP contribution in [0.15, 0.2) is 18.2 Å². The minimum atomic E-state index is -1.09. The lowest BCUT2D eigenvalue weighted by atomic mass is 9.88. The molecule has 0 bridgehead atoms. The van der Waals surface area contributed by atoms with Crippen LogP contribution in [-0.4, -0.2) is 48.7 Å². The van der Waals surface area contributed by atoms with Gasteiger partial charge in [-0.1, -0.05) is 11.6 Å². The number of amides is 1. The lowest BCUT2D eigenvalue weighted by Crippen LogP contribution is -2.40. The molecule has 1 aliphatic heterocycles. The monoisotopic (exact) mass is 315 g/mol. The lowest BCUT2D eigenvalue weighted by molar-refractivity contribution is -0.151. The Morgan fingerprint density at radius 2 is 2.24 bits per heavy atom. The Balaban J connectivity index is 2.18. The van der Waals surface area contributed by atoms with Gasteiger partial charge in [-0.05, 0) is 24.6 Å². The van der Waals surface area contributed by atoms with E-state index in [-0.39, 0.29) is 29.6 Å². The van der Waals surface area contributed by atoms with Crippen molar-refractivity contribution in [2.75, 3.05) is 26.8 Å². The number of carbonyl (C=O) groups is 2. The fourth-order valence-electron chi connectivity index (χ4n) is 2.49. The van der Waals surface area contributed by atoms with Crippen molar-refractivity contribution in [3.63, 3.8) is 0 Å². The molecule has 0 aromatic heterocycles. The van der Waals surface area contributed by atoms with E-state index in [0.717, 1.165) is 6.07 Å². The Kier molecular flexibility index (Phi) is 4.49. The molecule has 114 valence electrons. The average Bonchev–Trinajstić information content (AvgIpc) is 2.87. The Labute approximate surface area is 126 Å². The van der Waals surface area contributed by atoms with E-state index in [1.54, 1.807) is 0 Å². The molecule has 1 aromatic carbocycles. The molecule has 5 nitrogen and oxygen atoms in total. The first-order valence-electron chi connectivity index (χ1n) is 6.36. The molecule has 0 aliphatic carbocycles. The topological polar surface area (TPSA) is 66.8 Å². The predicted octanol–water partition coefficient (Wildman–Crippen LogP) is 2.04. The number of halogens is 2. The highest BCUT2D eigenvalue weighted by Gasteiger charge is 2.46. The summed E-state index contributed by atoms with van der Waals surface area (Å²) < 4.78 is 18.1. The summed E-state index contributed by atoms with van der Waals surface area (Å²) in [4.78, 5) is 25.2. The minimum absolute atomic E-state index is 0.0380. The summed E-state index contributed by atoms with van der Waals surface area (Å²) in [6, 6.07) is 3.70. The summed E-state index contributed by atoms with van der Waals surface area (Å²) in [7, 11) is 1.43. The Bertz CT molecular complexity index is 580. The van der Waals surface area contributed by atoms with E-state index in [2.05, 4.69) is 0 Å². The van der Waals surface area contributed by atoms with Crippen LogP contribution in [-0.2, 0) is 9.53 Å². The summed E-state index contributed by atoms with van der Waals surface area (Å²) >= 11 is 5.66. The third-order valence-electron chi connectivity index (χ3n) is 3.68. The molecule has 0 radical (unpaired) electrons. The van der Waals surface area contributed by atoms with Gasteiger partial charge in [0, 0.05) is 25.8 Å². The zero-order valence-electron chi connectivity index (χ0n) is 11.4. The second-order valence-corrected chi connectivity index (χ2v) is 5.53. The number of rotatable bonds is 4. The van der Waals surface area contributed by atoms with Gasteiger partial charge in [-0.25, -0.2) is 4.39 Å². The van der Waals surface area contributed by atoms with Gasteiger partial charge in [0.05, 0.1) is 11.6 Å². The number of aliphatic carboxylic acids is 1. The van der Waals surface area contributed by atoms with E-state index in [1.165, 1.54) is 24.1 Å². The molecule has 1 amide bonds. The molecule has 0 saturated carbocycles. The highest BCUT2D eigenvalue weighted by Crippen LogP contribution is 2.32. The predicted molar refractivity (Wildman–Crippen MR) is 73.9 cm³/mol. The normalized spacial score (nSPS) is 21.6. The van der Waals surface area contributed by atoms with Crippen LogP contribution in [0.25, 0.3) is 0 Å². The van der Waals surface area contributed by atoms with E-state index in [9.17, 15) is 19.1 Å². The van der Waals surface area contributed by atoms with Crippen molar-refractivity contribution >= 4 is 23.5 Å². The van der Waals surface area contributed by atoms with Gasteiger partial charge in [-0.3, -0.25) is 9.59 Å². The first-order chi connectivity index (χ1) is 9.89. The van der Waals surface area contributed by atoms with Gasteiger partial charge in [0.25, 0.3) is 5.91 Å². The fraction of sp³-hybridized carbons (Fsp3) is 0.429. The van der Waals surface area contributed by atoms with Crippen molar-refractivity contribution in [3.05, 3.63) is 34.6 Å². The van der Waals surface area contributed by atoms with Crippen LogP contribution in [0.3, 0.4) is 0 Å². The van der Waals surface area contributed by atoms with Crippen LogP contribution in [0.5, 0.6) is 0 Å². The van der Waals surface area contributed by atoms with E-state index in [4.69, 9.17) is 16.3 Å². The highest BCUT2D eigenvalue weighted by atomic mass is 35.5. The van der Waals surface area contributed by atoms with Crippen molar-refractivity contribution in [2.45, 2.75) is 6.42 Å². The summed E-state index contributed by atoms with van der Waals surface area (Å²) in [6.45, 7) is 0.407. The third kappa shape index (κ3) is 3.01. The number of benzene rings is 1. The summed E-state index contributed by atoms with van der Waals surface area (Å²) in [5, 5.41) is 9.22. The molecule has 1 saturated heterocycles. The van der Waals surface area contributed by atoms with Crippen LogP contribution in [0.4, 0.5) is 4.39 Å². The molecule has 21 heavy (non-hydrogen) atoms. The number of carbonyl (C=O) groups excluding carboxylic acids is 1. The Morgan fingerprint density at radius 3 is 2.81 bits per heavy atom. The zero-order chi connectivity index (χ0) is 15.6. The molecule has 1 atom stereocenters. The van der Waals surface area contributed by atoms with Crippen molar-refractivity contribution in [2.24, 2.45) is 5.41 Å². The van der Waals surface area contributed by atoms with E-state index >= 15 is 0 Å². The summed E-state index contributed by atoms with van der Waals surface area (Å²) in [6.07, 6.45) is 0.316. The molecule has 1 fully saturated rings. The smallest absolute Gasteiger partial charge is 0.313 e. The largest absolute Gasteiger partial charge is 0.481 e. The first kappa shape index (κ1) is 15.7. The van der Waals surface area contributed by atoms with Crippen molar-refractivity contribution in [3.8, 4) is 0 Å². The maximum Gasteiger partial charge on any atom is 0.313 e.